The van der Waals surface area contributed by atoms with Gasteiger partial charge in [0.2, 0.25) is 0 Å². The largest absolute Gasteiger partial charge is 0.481 e. The van der Waals surface area contributed by atoms with Crippen LogP contribution in [0.15, 0.2) is 71.3 Å². The Hall–Kier alpha value is -4.07. The monoisotopic (exact) mass is 449 g/mol. The predicted molar refractivity (Wildman–Crippen MR) is 122 cm³/mol. The molecule has 0 fully saturated rings. The van der Waals surface area contributed by atoms with Crippen molar-refractivity contribution in [2.45, 2.75) is 39.3 Å². The molecule has 3 amide bonds. The molecule has 0 radical (unpaired) electrons. The third-order valence-corrected chi connectivity index (χ3v) is 5.19. The Kier molecular flexibility index (Phi) is 7.86. The van der Waals surface area contributed by atoms with Crippen molar-refractivity contribution < 1.29 is 23.5 Å². The number of benzene rings is 2. The van der Waals surface area contributed by atoms with Crippen LogP contribution in [0, 0.1) is 13.8 Å². The first-order valence-electron chi connectivity index (χ1n) is 10.6. The molecule has 3 aromatic rings. The first kappa shape index (κ1) is 23.6. The molecule has 1 heterocycles. The molecule has 3 N–H and O–H groups in total. The van der Waals surface area contributed by atoms with Gasteiger partial charge in [-0.2, -0.15) is 0 Å². The Labute approximate surface area is 192 Å². The van der Waals surface area contributed by atoms with Crippen molar-refractivity contribution in [1.82, 2.24) is 16.2 Å². The Morgan fingerprint density at radius 3 is 2.33 bits per heavy atom. The highest BCUT2D eigenvalue weighted by Gasteiger charge is 2.24. The van der Waals surface area contributed by atoms with Gasteiger partial charge in [-0.15, -0.1) is 0 Å². The van der Waals surface area contributed by atoms with Crippen molar-refractivity contribution in [1.29, 1.82) is 0 Å². The summed E-state index contributed by atoms with van der Waals surface area (Å²) >= 11 is 0. The average Bonchev–Trinajstić information content (AvgIpc) is 3.35. The van der Waals surface area contributed by atoms with Gasteiger partial charge in [0, 0.05) is 6.42 Å². The second-order valence-corrected chi connectivity index (χ2v) is 7.63. The normalized spacial score (nSPS) is 12.3. The zero-order valence-electron chi connectivity index (χ0n) is 18.8. The Bertz CT molecular complexity index is 1100. The van der Waals surface area contributed by atoms with Crippen LogP contribution in [-0.2, 0) is 16.0 Å². The number of aryl methyl sites for hydroxylation is 1. The van der Waals surface area contributed by atoms with Crippen LogP contribution in [0.3, 0.4) is 0 Å². The van der Waals surface area contributed by atoms with Gasteiger partial charge in [0.25, 0.3) is 17.7 Å². The maximum absolute atomic E-state index is 12.8. The van der Waals surface area contributed by atoms with E-state index < -0.39 is 29.9 Å². The van der Waals surface area contributed by atoms with Crippen LogP contribution in [-0.4, -0.2) is 29.9 Å². The molecule has 0 bridgehead atoms. The van der Waals surface area contributed by atoms with Crippen molar-refractivity contribution in [2.75, 3.05) is 0 Å². The molecule has 0 aliphatic rings. The number of rotatable bonds is 8. The van der Waals surface area contributed by atoms with Gasteiger partial charge in [-0.25, -0.2) is 0 Å². The Morgan fingerprint density at radius 2 is 1.64 bits per heavy atom. The van der Waals surface area contributed by atoms with Crippen molar-refractivity contribution in [3.63, 3.8) is 0 Å². The van der Waals surface area contributed by atoms with Gasteiger partial charge >= 0.3 is 0 Å². The standard InChI is InChI=1S/C25H27N3O5/c1-16-9-7-12-21(17(16)2)33-18(3)23(29)27-28-24(30)20(15-19-10-5-4-6-11-19)26-25(31)22-13-8-14-32-22/h4-14,18,20H,15H2,1-3H3,(H,26,31)(H,27,29)(H,28,30)/t18?,20-/m0/s1. The quantitative estimate of drug-likeness (QED) is 0.458. The molecule has 2 aromatic carbocycles. The molecule has 2 atom stereocenters. The predicted octanol–water partition coefficient (Wildman–Crippen LogP) is 2.85. The number of furan rings is 1. The lowest BCUT2D eigenvalue weighted by atomic mass is 10.1. The number of ether oxygens (including phenoxy) is 1. The van der Waals surface area contributed by atoms with E-state index in [1.807, 2.05) is 56.3 Å². The van der Waals surface area contributed by atoms with Gasteiger partial charge in [-0.1, -0.05) is 42.5 Å². The third-order valence-electron chi connectivity index (χ3n) is 5.19. The molecule has 8 nitrogen and oxygen atoms in total. The van der Waals surface area contributed by atoms with E-state index in [-0.39, 0.29) is 12.2 Å². The Balaban J connectivity index is 1.62. The minimum atomic E-state index is -0.944. The van der Waals surface area contributed by atoms with Crippen LogP contribution >= 0.6 is 0 Å². The van der Waals surface area contributed by atoms with Crippen LogP contribution < -0.4 is 20.9 Å². The molecule has 0 saturated carbocycles. The number of hydrazine groups is 1. The number of hydrogen-bond donors (Lipinski definition) is 3. The van der Waals surface area contributed by atoms with E-state index in [4.69, 9.17) is 9.15 Å². The van der Waals surface area contributed by atoms with Crippen molar-refractivity contribution in [3.05, 3.63) is 89.4 Å². The summed E-state index contributed by atoms with van der Waals surface area (Å²) in [5, 5.41) is 2.65. The molecule has 0 spiro atoms. The lowest BCUT2D eigenvalue weighted by molar-refractivity contribution is -0.133. The molecule has 1 aromatic heterocycles. The molecular weight excluding hydrogens is 422 g/mol. The molecule has 33 heavy (non-hydrogen) atoms. The van der Waals surface area contributed by atoms with Crippen LogP contribution in [0.2, 0.25) is 0 Å². The summed E-state index contributed by atoms with van der Waals surface area (Å²) < 4.78 is 10.8. The van der Waals surface area contributed by atoms with E-state index in [1.54, 1.807) is 19.1 Å². The topological polar surface area (TPSA) is 110 Å². The van der Waals surface area contributed by atoms with E-state index in [2.05, 4.69) is 16.2 Å². The molecular formula is C25H27N3O5. The van der Waals surface area contributed by atoms with E-state index in [9.17, 15) is 14.4 Å². The summed E-state index contributed by atoms with van der Waals surface area (Å²) in [7, 11) is 0. The molecule has 0 saturated heterocycles. The van der Waals surface area contributed by atoms with Crippen LogP contribution in [0.4, 0.5) is 0 Å². The number of nitrogens with one attached hydrogen (secondary N) is 3. The van der Waals surface area contributed by atoms with E-state index in [0.29, 0.717) is 5.75 Å². The lowest BCUT2D eigenvalue weighted by Gasteiger charge is -2.20. The van der Waals surface area contributed by atoms with Crippen molar-refractivity contribution in [2.24, 2.45) is 0 Å². The maximum Gasteiger partial charge on any atom is 0.287 e. The fourth-order valence-corrected chi connectivity index (χ4v) is 3.10. The minimum Gasteiger partial charge on any atom is -0.481 e. The van der Waals surface area contributed by atoms with Crippen LogP contribution in [0.25, 0.3) is 0 Å². The summed E-state index contributed by atoms with van der Waals surface area (Å²) in [5.74, 6) is -0.961. The van der Waals surface area contributed by atoms with Gasteiger partial charge in [-0.05, 0) is 55.7 Å². The second kappa shape index (κ2) is 11.0. The summed E-state index contributed by atoms with van der Waals surface area (Å²) in [6.45, 7) is 5.45. The fraction of sp³-hybridized carbons (Fsp3) is 0.240. The SMILES string of the molecule is Cc1cccc(OC(C)C(=O)NNC(=O)[C@H](Cc2ccccc2)NC(=O)c2ccco2)c1C. The first-order valence-corrected chi connectivity index (χ1v) is 10.6. The number of hydrogen-bond acceptors (Lipinski definition) is 5. The highest BCUT2D eigenvalue weighted by atomic mass is 16.5. The molecule has 0 aliphatic carbocycles. The average molecular weight is 450 g/mol. The van der Waals surface area contributed by atoms with Gasteiger partial charge in [-0.3, -0.25) is 25.2 Å². The molecule has 3 rings (SSSR count). The number of carbonyl (C=O) groups is 3. The summed E-state index contributed by atoms with van der Waals surface area (Å²) in [6, 6.07) is 17.0. The molecule has 0 aliphatic heterocycles. The lowest BCUT2D eigenvalue weighted by Crippen LogP contribution is -2.55. The van der Waals surface area contributed by atoms with Gasteiger partial charge in [0.1, 0.15) is 11.8 Å². The first-order chi connectivity index (χ1) is 15.8. The van der Waals surface area contributed by atoms with E-state index in [0.717, 1.165) is 16.7 Å². The van der Waals surface area contributed by atoms with Gasteiger partial charge < -0.3 is 14.5 Å². The van der Waals surface area contributed by atoms with Crippen molar-refractivity contribution in [3.8, 4) is 5.75 Å². The summed E-state index contributed by atoms with van der Waals surface area (Å²) in [4.78, 5) is 37.7. The highest BCUT2D eigenvalue weighted by molar-refractivity contribution is 5.96. The number of carbonyl (C=O) groups excluding carboxylic acids is 3. The second-order valence-electron chi connectivity index (χ2n) is 7.63. The zero-order valence-corrected chi connectivity index (χ0v) is 18.8. The van der Waals surface area contributed by atoms with E-state index >= 15 is 0 Å². The van der Waals surface area contributed by atoms with Crippen LogP contribution in [0.5, 0.6) is 5.75 Å². The molecule has 8 heteroatoms. The zero-order chi connectivity index (χ0) is 23.8. The summed E-state index contributed by atoms with van der Waals surface area (Å²) in [5.41, 5.74) is 7.58. The Morgan fingerprint density at radius 1 is 0.909 bits per heavy atom. The molecule has 172 valence electrons. The van der Waals surface area contributed by atoms with Gasteiger partial charge in [0.05, 0.1) is 6.26 Å². The summed E-state index contributed by atoms with van der Waals surface area (Å²) in [6.07, 6.45) is 0.749. The maximum atomic E-state index is 12.8. The third kappa shape index (κ3) is 6.46. The molecule has 1 unspecified atom stereocenters. The fourth-order valence-electron chi connectivity index (χ4n) is 3.10. The minimum absolute atomic E-state index is 0.0837. The number of amides is 3. The van der Waals surface area contributed by atoms with Crippen LogP contribution in [0.1, 0.15) is 34.2 Å². The van der Waals surface area contributed by atoms with E-state index in [1.165, 1.54) is 12.3 Å². The van der Waals surface area contributed by atoms with Crippen molar-refractivity contribution >= 4 is 17.7 Å². The smallest absolute Gasteiger partial charge is 0.287 e. The highest BCUT2D eigenvalue weighted by Crippen LogP contribution is 2.21. The van der Waals surface area contributed by atoms with Gasteiger partial charge in [0.15, 0.2) is 11.9 Å².